The number of hydrogen-bond donors (Lipinski definition) is 0. The Balaban J connectivity index is 4.10. The van der Waals surface area contributed by atoms with Gasteiger partial charge in [0, 0.05) is 12.8 Å². The van der Waals surface area contributed by atoms with Crippen LogP contribution in [0.2, 0.25) is 0 Å². The van der Waals surface area contributed by atoms with Gasteiger partial charge in [0.25, 0.3) is 0 Å². The zero-order chi connectivity index (χ0) is 54.1. The van der Waals surface area contributed by atoms with Crippen molar-refractivity contribution >= 4 is 17.9 Å². The molecule has 0 aliphatic carbocycles. The smallest absolute Gasteiger partial charge is 0.306 e. The van der Waals surface area contributed by atoms with Gasteiger partial charge in [0.2, 0.25) is 0 Å². The summed E-state index contributed by atoms with van der Waals surface area (Å²) in [7, 11) is 5.94. The number of quaternary nitrogens is 1. The van der Waals surface area contributed by atoms with Crippen molar-refractivity contribution in [3.05, 3.63) is 12.2 Å². The second-order valence-corrected chi connectivity index (χ2v) is 23.4. The molecule has 0 bridgehead atoms. The van der Waals surface area contributed by atoms with Gasteiger partial charge in [-0.2, -0.15) is 0 Å². The first kappa shape index (κ1) is 72.0. The number of allylic oxidation sites excluding steroid dienone is 2. The van der Waals surface area contributed by atoms with Gasteiger partial charge < -0.3 is 33.3 Å². The Labute approximate surface area is 459 Å². The molecule has 2 unspecified atom stereocenters. The van der Waals surface area contributed by atoms with Crippen LogP contribution in [-0.4, -0.2) is 82.3 Å². The molecule has 0 aromatic rings. The van der Waals surface area contributed by atoms with Crippen molar-refractivity contribution in [2.75, 3.05) is 47.5 Å². The monoisotopic (exact) mass is 1050 g/mol. The molecule has 0 spiro atoms. The number of unbranched alkanes of at least 4 members (excludes halogenated alkanes) is 44. The Morgan fingerprint density at radius 3 is 1.00 bits per heavy atom. The standard InChI is InChI=1S/C65H125NO8/c1-6-8-10-12-14-16-18-20-22-24-26-28-29-30-31-32-33-34-36-37-39-41-43-45-47-49-51-53-55-62(67)72-59-61(60-73-65(64(69)70)71-58-57-66(3,4)5)74-63(68)56-54-52-50-48-46-44-42-40-38-35-27-25-23-21-19-17-15-13-11-9-7-2/h25,27,61,65H,6-24,26,28-60H2,1-5H3/b27-25-. The Morgan fingerprint density at radius 2 is 0.689 bits per heavy atom. The summed E-state index contributed by atoms with van der Waals surface area (Å²) in [6.45, 7) is 4.81. The molecule has 74 heavy (non-hydrogen) atoms. The van der Waals surface area contributed by atoms with E-state index in [1.165, 1.54) is 263 Å². The summed E-state index contributed by atoms with van der Waals surface area (Å²) in [4.78, 5) is 37.4. The van der Waals surface area contributed by atoms with E-state index >= 15 is 0 Å². The summed E-state index contributed by atoms with van der Waals surface area (Å²) >= 11 is 0. The van der Waals surface area contributed by atoms with Gasteiger partial charge in [0.1, 0.15) is 13.2 Å². The van der Waals surface area contributed by atoms with Crippen molar-refractivity contribution in [3.8, 4) is 0 Å². The van der Waals surface area contributed by atoms with Crippen molar-refractivity contribution in [1.82, 2.24) is 0 Å². The van der Waals surface area contributed by atoms with Crippen LogP contribution in [0.5, 0.6) is 0 Å². The maximum Gasteiger partial charge on any atom is 0.306 e. The maximum atomic E-state index is 12.9. The number of ether oxygens (including phenoxy) is 4. The molecule has 0 aliphatic rings. The largest absolute Gasteiger partial charge is 0.545 e. The number of esters is 2. The predicted molar refractivity (Wildman–Crippen MR) is 311 cm³/mol. The number of carbonyl (C=O) groups is 3. The maximum absolute atomic E-state index is 12.9. The molecule has 0 rings (SSSR count). The lowest BCUT2D eigenvalue weighted by Crippen LogP contribution is -2.44. The molecular weight excluding hydrogens is 923 g/mol. The summed E-state index contributed by atoms with van der Waals surface area (Å²) in [6.07, 6.45) is 64.2. The van der Waals surface area contributed by atoms with E-state index in [1.807, 2.05) is 21.1 Å². The Kier molecular flexibility index (Phi) is 55.7. The lowest BCUT2D eigenvalue weighted by molar-refractivity contribution is -0.870. The number of rotatable bonds is 61. The van der Waals surface area contributed by atoms with Gasteiger partial charge in [-0.05, 0) is 38.5 Å². The van der Waals surface area contributed by atoms with Gasteiger partial charge in [0.05, 0.1) is 40.3 Å². The molecule has 0 fully saturated rings. The van der Waals surface area contributed by atoms with Gasteiger partial charge in [0.15, 0.2) is 12.4 Å². The molecule has 0 aromatic carbocycles. The quantitative estimate of drug-likeness (QED) is 0.0195. The van der Waals surface area contributed by atoms with E-state index in [9.17, 15) is 19.5 Å². The summed E-state index contributed by atoms with van der Waals surface area (Å²) in [5.74, 6) is -2.26. The van der Waals surface area contributed by atoms with E-state index in [-0.39, 0.29) is 32.2 Å². The Hall–Kier alpha value is -1.97. The van der Waals surface area contributed by atoms with Crippen LogP contribution < -0.4 is 5.11 Å². The van der Waals surface area contributed by atoms with Crippen LogP contribution in [0.1, 0.15) is 328 Å². The minimum absolute atomic E-state index is 0.151. The van der Waals surface area contributed by atoms with E-state index in [2.05, 4.69) is 26.0 Å². The minimum atomic E-state index is -1.62. The van der Waals surface area contributed by atoms with Crippen LogP contribution in [0.4, 0.5) is 0 Å². The molecule has 0 heterocycles. The third-order valence-electron chi connectivity index (χ3n) is 14.8. The molecule has 0 radical (unpaired) electrons. The first-order valence-corrected chi connectivity index (χ1v) is 32.3. The molecular formula is C65H125NO8. The highest BCUT2D eigenvalue weighted by Crippen LogP contribution is 2.18. The first-order chi connectivity index (χ1) is 36.1. The molecule has 9 heteroatoms. The predicted octanol–water partition coefficient (Wildman–Crippen LogP) is 18.0. The van der Waals surface area contributed by atoms with E-state index < -0.39 is 24.3 Å². The van der Waals surface area contributed by atoms with E-state index in [1.54, 1.807) is 0 Å². The van der Waals surface area contributed by atoms with Crippen molar-refractivity contribution in [3.63, 3.8) is 0 Å². The van der Waals surface area contributed by atoms with Gasteiger partial charge in [-0.25, -0.2) is 0 Å². The summed E-state index contributed by atoms with van der Waals surface area (Å²) in [6, 6.07) is 0. The number of aliphatic carboxylic acids is 1. The number of hydrogen-bond acceptors (Lipinski definition) is 8. The average molecular weight is 1050 g/mol. The molecule has 0 N–H and O–H groups in total. The van der Waals surface area contributed by atoms with Crippen LogP contribution in [-0.2, 0) is 33.3 Å². The highest BCUT2D eigenvalue weighted by atomic mass is 16.7. The molecule has 0 amide bonds. The van der Waals surface area contributed by atoms with Gasteiger partial charge in [-0.15, -0.1) is 0 Å². The molecule has 0 saturated carbocycles. The third-order valence-corrected chi connectivity index (χ3v) is 14.8. The van der Waals surface area contributed by atoms with Gasteiger partial charge >= 0.3 is 11.9 Å². The molecule has 438 valence electrons. The van der Waals surface area contributed by atoms with Gasteiger partial charge in [-0.3, -0.25) is 9.59 Å². The van der Waals surface area contributed by atoms with Crippen molar-refractivity contribution in [1.29, 1.82) is 0 Å². The number of carboxylic acids is 1. The zero-order valence-corrected chi connectivity index (χ0v) is 50.0. The minimum Gasteiger partial charge on any atom is -0.545 e. The fraction of sp³-hybridized carbons (Fsp3) is 0.923. The Morgan fingerprint density at radius 1 is 0.392 bits per heavy atom. The van der Waals surface area contributed by atoms with Crippen LogP contribution in [0, 0.1) is 0 Å². The van der Waals surface area contributed by atoms with E-state index in [4.69, 9.17) is 18.9 Å². The highest BCUT2D eigenvalue weighted by Gasteiger charge is 2.22. The lowest BCUT2D eigenvalue weighted by Gasteiger charge is -2.26. The third kappa shape index (κ3) is 57.7. The second-order valence-electron chi connectivity index (χ2n) is 23.4. The van der Waals surface area contributed by atoms with Gasteiger partial charge in [-0.1, -0.05) is 289 Å². The summed E-state index contributed by atoms with van der Waals surface area (Å²) < 4.78 is 22.8. The molecule has 0 saturated heterocycles. The van der Waals surface area contributed by atoms with Crippen LogP contribution in [0.15, 0.2) is 12.2 Å². The molecule has 0 aliphatic heterocycles. The Bertz CT molecular complexity index is 1220. The highest BCUT2D eigenvalue weighted by molar-refractivity contribution is 5.70. The van der Waals surface area contributed by atoms with Crippen molar-refractivity contribution < 1.29 is 42.9 Å². The van der Waals surface area contributed by atoms with Crippen LogP contribution in [0.25, 0.3) is 0 Å². The fourth-order valence-electron chi connectivity index (χ4n) is 9.77. The van der Waals surface area contributed by atoms with E-state index in [0.717, 1.165) is 32.1 Å². The molecule has 2 atom stereocenters. The molecule has 9 nitrogen and oxygen atoms in total. The zero-order valence-electron chi connectivity index (χ0n) is 50.0. The fourth-order valence-corrected chi connectivity index (χ4v) is 9.77. The van der Waals surface area contributed by atoms with Crippen molar-refractivity contribution in [2.24, 2.45) is 0 Å². The SMILES string of the molecule is CCCCCCCCCC/C=C\CCCCCCCCCCCC(=O)OC(COC(=O)CCCCCCCCCCCCCCCCCCCCCCCCCCCCCC)COC(OCC[N+](C)(C)C)C(=O)[O-]. The average Bonchev–Trinajstić information content (AvgIpc) is 3.37. The van der Waals surface area contributed by atoms with Crippen molar-refractivity contribution in [2.45, 2.75) is 341 Å². The molecule has 0 aromatic heterocycles. The number of carboxylic acid groups (broad SMARTS) is 1. The number of likely N-dealkylation sites (N-methyl/N-ethyl adjacent to an activating group) is 1. The van der Waals surface area contributed by atoms with E-state index in [0.29, 0.717) is 23.9 Å². The lowest BCUT2D eigenvalue weighted by atomic mass is 10.0. The second kappa shape index (κ2) is 57.2. The summed E-state index contributed by atoms with van der Waals surface area (Å²) in [5, 5.41) is 11.8. The summed E-state index contributed by atoms with van der Waals surface area (Å²) in [5.41, 5.74) is 0. The number of nitrogens with zero attached hydrogens (tertiary/aromatic N) is 1. The first-order valence-electron chi connectivity index (χ1n) is 32.3. The topological polar surface area (TPSA) is 111 Å². The van der Waals surface area contributed by atoms with Crippen LogP contribution in [0.3, 0.4) is 0 Å². The normalized spacial score (nSPS) is 12.7. The number of carbonyl (C=O) groups excluding carboxylic acids is 3. The van der Waals surface area contributed by atoms with Crippen LogP contribution >= 0.6 is 0 Å².